The molecule has 0 spiro atoms. The van der Waals surface area contributed by atoms with Gasteiger partial charge >= 0.3 is 6.01 Å². The molecule has 0 bridgehead atoms. The van der Waals surface area contributed by atoms with E-state index in [0.717, 1.165) is 11.4 Å². The maximum atomic E-state index is 14.7. The molecule has 0 saturated carbocycles. The van der Waals surface area contributed by atoms with Gasteiger partial charge in [-0.3, -0.25) is 5.10 Å². The lowest BCUT2D eigenvalue weighted by molar-refractivity contribution is 0.415. The molecule has 3 aromatic heterocycles. The first kappa shape index (κ1) is 15.9. The molecule has 0 saturated heterocycles. The van der Waals surface area contributed by atoms with E-state index < -0.39 is 5.82 Å². The second-order valence-electron chi connectivity index (χ2n) is 5.92. The second-order valence-corrected chi connectivity index (χ2v) is 5.92. The highest BCUT2D eigenvalue weighted by Gasteiger charge is 2.14. The van der Waals surface area contributed by atoms with Crippen LogP contribution in [-0.2, 0) is 0 Å². The Kier molecular flexibility index (Phi) is 3.68. The number of anilines is 3. The SMILES string of the molecule is Cc1cc(Nc2cc(N)nc(Oc3ccc4[nH]c(C)cc4c3F)n2)n[nH]1. The monoisotopic (exact) mass is 353 g/mol. The number of nitrogens with two attached hydrogens (primary N) is 1. The molecule has 4 rings (SSSR count). The first-order valence-corrected chi connectivity index (χ1v) is 7.87. The quantitative estimate of drug-likeness (QED) is 0.446. The van der Waals surface area contributed by atoms with Crippen LogP contribution in [0.4, 0.5) is 21.8 Å². The van der Waals surface area contributed by atoms with Gasteiger partial charge in [-0.1, -0.05) is 0 Å². The normalized spacial score (nSPS) is 11.0. The van der Waals surface area contributed by atoms with Gasteiger partial charge in [0.1, 0.15) is 11.6 Å². The zero-order chi connectivity index (χ0) is 18.3. The van der Waals surface area contributed by atoms with Crippen molar-refractivity contribution >= 4 is 28.4 Å². The summed E-state index contributed by atoms with van der Waals surface area (Å²) in [5.74, 6) is 0.669. The number of nitrogens with zero attached hydrogens (tertiary/aromatic N) is 3. The lowest BCUT2D eigenvalue weighted by atomic mass is 10.2. The molecule has 0 aliphatic rings. The van der Waals surface area contributed by atoms with E-state index in [9.17, 15) is 4.39 Å². The van der Waals surface area contributed by atoms with E-state index in [1.165, 1.54) is 12.1 Å². The number of hydrogen-bond donors (Lipinski definition) is 4. The van der Waals surface area contributed by atoms with Gasteiger partial charge in [-0.05, 0) is 32.0 Å². The van der Waals surface area contributed by atoms with Crippen molar-refractivity contribution in [1.82, 2.24) is 25.1 Å². The molecular formula is C17H16FN7O. The van der Waals surface area contributed by atoms with Crippen molar-refractivity contribution < 1.29 is 9.13 Å². The summed E-state index contributed by atoms with van der Waals surface area (Å²) in [6.07, 6.45) is 0. The van der Waals surface area contributed by atoms with E-state index >= 15 is 0 Å². The molecule has 0 amide bonds. The van der Waals surface area contributed by atoms with Crippen molar-refractivity contribution in [3.63, 3.8) is 0 Å². The van der Waals surface area contributed by atoms with Crippen LogP contribution in [0.25, 0.3) is 10.9 Å². The molecule has 0 unspecified atom stereocenters. The number of rotatable bonds is 4. The van der Waals surface area contributed by atoms with Gasteiger partial charge in [0.2, 0.25) is 0 Å². The Hall–Kier alpha value is -3.62. The molecule has 3 heterocycles. The standard InChI is InChI=1S/C17H16FN7O/c1-8-5-10-11(20-8)3-4-12(16(10)18)26-17-21-13(19)7-14(23-17)22-15-6-9(2)24-25-15/h3-7,20H,1-2H3,(H4,19,21,22,23,24,25). The molecule has 0 radical (unpaired) electrons. The third-order valence-electron chi connectivity index (χ3n) is 3.73. The number of fused-ring (bicyclic) bond motifs is 1. The highest BCUT2D eigenvalue weighted by molar-refractivity contribution is 5.82. The van der Waals surface area contributed by atoms with Crippen LogP contribution < -0.4 is 15.8 Å². The summed E-state index contributed by atoms with van der Waals surface area (Å²) in [5, 5.41) is 10.3. The van der Waals surface area contributed by atoms with E-state index in [1.807, 2.05) is 13.8 Å². The van der Waals surface area contributed by atoms with Crippen LogP contribution in [-0.4, -0.2) is 25.1 Å². The van der Waals surface area contributed by atoms with Gasteiger partial charge < -0.3 is 20.8 Å². The number of aromatic amines is 2. The molecule has 9 heteroatoms. The van der Waals surface area contributed by atoms with Crippen LogP contribution in [0, 0.1) is 19.7 Å². The number of halogens is 1. The maximum absolute atomic E-state index is 14.7. The van der Waals surface area contributed by atoms with Crippen LogP contribution in [0.3, 0.4) is 0 Å². The smallest absolute Gasteiger partial charge is 0.326 e. The van der Waals surface area contributed by atoms with E-state index in [4.69, 9.17) is 10.5 Å². The summed E-state index contributed by atoms with van der Waals surface area (Å²) in [7, 11) is 0. The molecule has 0 aliphatic carbocycles. The Bertz CT molecular complexity index is 1100. The fourth-order valence-electron chi connectivity index (χ4n) is 2.63. The number of aryl methyl sites for hydroxylation is 2. The van der Waals surface area contributed by atoms with Crippen LogP contribution in [0.1, 0.15) is 11.4 Å². The first-order chi connectivity index (χ1) is 12.5. The van der Waals surface area contributed by atoms with Crippen LogP contribution >= 0.6 is 0 Å². The van der Waals surface area contributed by atoms with Gasteiger partial charge in [-0.15, -0.1) is 0 Å². The van der Waals surface area contributed by atoms with Crippen molar-refractivity contribution in [2.24, 2.45) is 0 Å². The number of ether oxygens (including phenoxy) is 1. The van der Waals surface area contributed by atoms with E-state index in [0.29, 0.717) is 22.5 Å². The topological polar surface area (TPSA) is 118 Å². The Morgan fingerprint density at radius 3 is 2.69 bits per heavy atom. The number of aromatic nitrogens is 5. The van der Waals surface area contributed by atoms with Crippen LogP contribution in [0.5, 0.6) is 11.8 Å². The van der Waals surface area contributed by atoms with Crippen molar-refractivity contribution in [3.8, 4) is 11.8 Å². The minimum Gasteiger partial charge on any atom is -0.421 e. The Labute approximate surface area is 147 Å². The fraction of sp³-hybridized carbons (Fsp3) is 0.118. The third-order valence-corrected chi connectivity index (χ3v) is 3.73. The molecule has 5 N–H and O–H groups in total. The number of nitrogen functional groups attached to an aromatic ring is 1. The first-order valence-electron chi connectivity index (χ1n) is 7.87. The minimum atomic E-state index is -0.490. The maximum Gasteiger partial charge on any atom is 0.326 e. The Morgan fingerprint density at radius 1 is 1.08 bits per heavy atom. The Morgan fingerprint density at radius 2 is 1.92 bits per heavy atom. The number of hydrogen-bond acceptors (Lipinski definition) is 6. The molecule has 8 nitrogen and oxygen atoms in total. The van der Waals surface area contributed by atoms with Gasteiger partial charge in [-0.2, -0.15) is 15.1 Å². The average Bonchev–Trinajstić information content (AvgIpc) is 3.15. The molecule has 0 atom stereocenters. The molecular weight excluding hydrogens is 337 g/mol. The lowest BCUT2D eigenvalue weighted by Gasteiger charge is -2.08. The lowest BCUT2D eigenvalue weighted by Crippen LogP contribution is -2.02. The highest BCUT2D eigenvalue weighted by Crippen LogP contribution is 2.30. The third kappa shape index (κ3) is 3.02. The molecule has 4 aromatic rings. The van der Waals surface area contributed by atoms with Crippen molar-refractivity contribution in [3.05, 3.63) is 47.5 Å². The largest absolute Gasteiger partial charge is 0.421 e. The van der Waals surface area contributed by atoms with Gasteiger partial charge in [0, 0.05) is 34.4 Å². The van der Waals surface area contributed by atoms with Gasteiger partial charge in [0.15, 0.2) is 17.4 Å². The van der Waals surface area contributed by atoms with E-state index in [-0.39, 0.29) is 17.6 Å². The number of H-pyrrole nitrogens is 2. The van der Waals surface area contributed by atoms with Gasteiger partial charge in [0.05, 0.1) is 0 Å². The van der Waals surface area contributed by atoms with Gasteiger partial charge in [-0.25, -0.2) is 4.39 Å². The van der Waals surface area contributed by atoms with Crippen LogP contribution in [0.15, 0.2) is 30.3 Å². The minimum absolute atomic E-state index is 0.0173. The summed E-state index contributed by atoms with van der Waals surface area (Å²) in [6.45, 7) is 3.73. The van der Waals surface area contributed by atoms with Crippen LogP contribution in [0.2, 0.25) is 0 Å². The summed E-state index contributed by atoms with van der Waals surface area (Å²) in [5.41, 5.74) is 8.25. The summed E-state index contributed by atoms with van der Waals surface area (Å²) in [6, 6.07) is 8.24. The zero-order valence-electron chi connectivity index (χ0n) is 14.1. The zero-order valence-corrected chi connectivity index (χ0v) is 14.1. The molecule has 1 aromatic carbocycles. The molecule has 0 fully saturated rings. The fourth-order valence-corrected chi connectivity index (χ4v) is 2.63. The van der Waals surface area contributed by atoms with Crippen molar-refractivity contribution in [2.45, 2.75) is 13.8 Å². The molecule has 0 aliphatic heterocycles. The number of nitrogens with one attached hydrogen (secondary N) is 3. The number of benzene rings is 1. The summed E-state index contributed by atoms with van der Waals surface area (Å²) in [4.78, 5) is 11.3. The van der Waals surface area contributed by atoms with E-state index in [2.05, 4.69) is 30.5 Å². The molecule has 132 valence electrons. The summed E-state index contributed by atoms with van der Waals surface area (Å²) < 4.78 is 20.2. The predicted molar refractivity (Wildman–Crippen MR) is 96.1 cm³/mol. The van der Waals surface area contributed by atoms with Gasteiger partial charge in [0.25, 0.3) is 0 Å². The predicted octanol–water partition coefficient (Wildman–Crippen LogP) is 3.56. The highest BCUT2D eigenvalue weighted by atomic mass is 19.1. The summed E-state index contributed by atoms with van der Waals surface area (Å²) >= 11 is 0. The average molecular weight is 353 g/mol. The molecule has 26 heavy (non-hydrogen) atoms. The van der Waals surface area contributed by atoms with Crippen molar-refractivity contribution in [2.75, 3.05) is 11.1 Å². The van der Waals surface area contributed by atoms with Crippen molar-refractivity contribution in [1.29, 1.82) is 0 Å². The van der Waals surface area contributed by atoms with E-state index in [1.54, 1.807) is 18.2 Å². The second kappa shape index (κ2) is 6.03. The Balaban J connectivity index is 1.64.